The Balaban J connectivity index is 1.47. The highest BCUT2D eigenvalue weighted by Crippen LogP contribution is 2.32. The van der Waals surface area contributed by atoms with Gasteiger partial charge in [0.25, 0.3) is 0 Å². The molecular weight excluding hydrogens is 328 g/mol. The molecule has 2 aliphatic rings. The number of nitrogens with zero attached hydrogens (tertiary/aromatic N) is 4. The first kappa shape index (κ1) is 15.4. The summed E-state index contributed by atoms with van der Waals surface area (Å²) in [7, 11) is 0. The second kappa shape index (κ2) is 6.12. The number of anilines is 1. The topological polar surface area (TPSA) is 62.5 Å². The minimum absolute atomic E-state index is 0.284. The zero-order valence-corrected chi connectivity index (χ0v) is 14.5. The van der Waals surface area contributed by atoms with Crippen LogP contribution in [0.2, 0.25) is 0 Å². The lowest BCUT2D eigenvalue weighted by Gasteiger charge is -2.36. The molecule has 1 saturated carbocycles. The molecule has 0 bridgehead atoms. The van der Waals surface area contributed by atoms with E-state index in [1.165, 1.54) is 0 Å². The predicted molar refractivity (Wildman–Crippen MR) is 98.8 cm³/mol. The maximum Gasteiger partial charge on any atom is 0.225 e. The molecule has 6 heteroatoms. The second-order valence-corrected chi connectivity index (χ2v) is 6.95. The third-order valence-electron chi connectivity index (χ3n) is 5.14. The zero-order valence-electron chi connectivity index (χ0n) is 14.5. The standard InChI is InChI=1S/C20H20N4O2/c25-20(14-7-8-14)24-11-9-23(10-12-24)19-15-4-1-2-5-16(15)21-18(22-19)17-6-3-13-26-17/h1-6,13-14H,7-12H2. The van der Waals surface area contributed by atoms with E-state index in [9.17, 15) is 4.79 Å². The van der Waals surface area contributed by atoms with Crippen LogP contribution in [0.3, 0.4) is 0 Å². The van der Waals surface area contributed by atoms with Crippen LogP contribution in [-0.2, 0) is 4.79 Å². The molecule has 0 atom stereocenters. The summed E-state index contributed by atoms with van der Waals surface area (Å²) in [5, 5.41) is 1.03. The lowest BCUT2D eigenvalue weighted by Crippen LogP contribution is -2.49. The molecule has 1 amide bonds. The summed E-state index contributed by atoms with van der Waals surface area (Å²) in [6.45, 7) is 3.08. The maximum absolute atomic E-state index is 12.3. The summed E-state index contributed by atoms with van der Waals surface area (Å²) < 4.78 is 5.50. The Morgan fingerprint density at radius 1 is 1.00 bits per heavy atom. The van der Waals surface area contributed by atoms with Crippen molar-refractivity contribution in [2.24, 2.45) is 5.92 Å². The van der Waals surface area contributed by atoms with Crippen molar-refractivity contribution in [2.75, 3.05) is 31.1 Å². The van der Waals surface area contributed by atoms with Crippen molar-refractivity contribution < 1.29 is 9.21 Å². The van der Waals surface area contributed by atoms with E-state index in [0.29, 0.717) is 17.5 Å². The van der Waals surface area contributed by atoms with E-state index in [0.717, 1.165) is 55.7 Å². The molecule has 2 fully saturated rings. The summed E-state index contributed by atoms with van der Waals surface area (Å²) in [6, 6.07) is 11.8. The molecule has 0 N–H and O–H groups in total. The second-order valence-electron chi connectivity index (χ2n) is 6.95. The van der Waals surface area contributed by atoms with Gasteiger partial charge in [0.05, 0.1) is 11.8 Å². The molecule has 26 heavy (non-hydrogen) atoms. The molecule has 3 heterocycles. The first-order chi connectivity index (χ1) is 12.8. The van der Waals surface area contributed by atoms with Crippen LogP contribution in [0.15, 0.2) is 47.1 Å². The molecule has 2 aromatic heterocycles. The highest BCUT2D eigenvalue weighted by Gasteiger charge is 2.35. The van der Waals surface area contributed by atoms with Gasteiger partial charge in [0, 0.05) is 37.5 Å². The number of amides is 1. The summed E-state index contributed by atoms with van der Waals surface area (Å²) in [5.74, 6) is 2.79. The van der Waals surface area contributed by atoms with E-state index in [4.69, 9.17) is 9.40 Å². The number of rotatable bonds is 3. The van der Waals surface area contributed by atoms with Crippen LogP contribution in [0.25, 0.3) is 22.5 Å². The number of piperazine rings is 1. The summed E-state index contributed by atoms with van der Waals surface area (Å²) >= 11 is 0. The van der Waals surface area contributed by atoms with Gasteiger partial charge in [0.15, 0.2) is 11.6 Å². The van der Waals surface area contributed by atoms with Gasteiger partial charge in [-0.2, -0.15) is 0 Å². The van der Waals surface area contributed by atoms with Crippen LogP contribution < -0.4 is 4.90 Å². The van der Waals surface area contributed by atoms with Gasteiger partial charge in [-0.15, -0.1) is 0 Å². The van der Waals surface area contributed by atoms with Crippen LogP contribution in [0.5, 0.6) is 0 Å². The molecule has 1 aliphatic carbocycles. The largest absolute Gasteiger partial charge is 0.461 e. The highest BCUT2D eigenvalue weighted by atomic mass is 16.3. The number of hydrogen-bond donors (Lipinski definition) is 0. The fourth-order valence-electron chi connectivity index (χ4n) is 3.54. The minimum atomic E-state index is 0.284. The molecule has 6 nitrogen and oxygen atoms in total. The molecule has 3 aromatic rings. The van der Waals surface area contributed by atoms with Gasteiger partial charge in [0.2, 0.25) is 5.91 Å². The van der Waals surface area contributed by atoms with E-state index < -0.39 is 0 Å². The first-order valence-electron chi connectivity index (χ1n) is 9.14. The van der Waals surface area contributed by atoms with E-state index in [1.54, 1.807) is 6.26 Å². The van der Waals surface area contributed by atoms with Crippen LogP contribution >= 0.6 is 0 Å². The Morgan fingerprint density at radius 2 is 1.81 bits per heavy atom. The van der Waals surface area contributed by atoms with Crippen LogP contribution in [-0.4, -0.2) is 47.0 Å². The smallest absolute Gasteiger partial charge is 0.225 e. The third kappa shape index (κ3) is 2.71. The SMILES string of the molecule is O=C(C1CC1)N1CCN(c2nc(-c3ccco3)nc3ccccc23)CC1. The Morgan fingerprint density at radius 3 is 2.54 bits per heavy atom. The molecule has 0 radical (unpaired) electrons. The van der Waals surface area contributed by atoms with E-state index in [1.807, 2.05) is 35.2 Å². The van der Waals surface area contributed by atoms with Crippen molar-refractivity contribution in [1.29, 1.82) is 0 Å². The van der Waals surface area contributed by atoms with Gasteiger partial charge < -0.3 is 14.2 Å². The van der Waals surface area contributed by atoms with Crippen molar-refractivity contribution in [3.05, 3.63) is 42.7 Å². The molecule has 0 unspecified atom stereocenters. The van der Waals surface area contributed by atoms with Gasteiger partial charge in [-0.05, 0) is 37.1 Å². The molecule has 5 rings (SSSR count). The third-order valence-corrected chi connectivity index (χ3v) is 5.14. The van der Waals surface area contributed by atoms with Crippen molar-refractivity contribution >= 4 is 22.6 Å². The van der Waals surface area contributed by atoms with Crippen LogP contribution in [0.4, 0.5) is 5.82 Å². The number of fused-ring (bicyclic) bond motifs is 1. The van der Waals surface area contributed by atoms with Crippen molar-refractivity contribution in [2.45, 2.75) is 12.8 Å². The number of hydrogen-bond acceptors (Lipinski definition) is 5. The van der Waals surface area contributed by atoms with Gasteiger partial charge in [0.1, 0.15) is 5.82 Å². The van der Waals surface area contributed by atoms with Crippen molar-refractivity contribution in [1.82, 2.24) is 14.9 Å². The lowest BCUT2D eigenvalue weighted by molar-refractivity contribution is -0.132. The molecular formula is C20H20N4O2. The van der Waals surface area contributed by atoms with Gasteiger partial charge in [-0.1, -0.05) is 12.1 Å². The number of carbonyl (C=O) groups is 1. The fourth-order valence-corrected chi connectivity index (χ4v) is 3.54. The number of aromatic nitrogens is 2. The average molecular weight is 348 g/mol. The van der Waals surface area contributed by atoms with Gasteiger partial charge in [-0.3, -0.25) is 4.79 Å². The van der Waals surface area contributed by atoms with E-state index in [2.05, 4.69) is 16.0 Å². The summed E-state index contributed by atoms with van der Waals surface area (Å²) in [6.07, 6.45) is 3.75. The monoisotopic (exact) mass is 348 g/mol. The van der Waals surface area contributed by atoms with Crippen molar-refractivity contribution in [3.8, 4) is 11.6 Å². The number of para-hydroxylation sites is 1. The normalized spacial score (nSPS) is 17.7. The van der Waals surface area contributed by atoms with Crippen LogP contribution in [0.1, 0.15) is 12.8 Å². The Bertz CT molecular complexity index is 942. The Kier molecular flexibility index (Phi) is 3.62. The number of furan rings is 1. The average Bonchev–Trinajstić information content (AvgIpc) is 3.40. The maximum atomic E-state index is 12.3. The number of benzene rings is 1. The van der Waals surface area contributed by atoms with Gasteiger partial charge in [-0.25, -0.2) is 9.97 Å². The first-order valence-corrected chi connectivity index (χ1v) is 9.14. The molecule has 132 valence electrons. The zero-order chi connectivity index (χ0) is 17.5. The van der Waals surface area contributed by atoms with E-state index in [-0.39, 0.29) is 5.92 Å². The van der Waals surface area contributed by atoms with Crippen molar-refractivity contribution in [3.63, 3.8) is 0 Å². The Labute approximate surface area is 151 Å². The predicted octanol–water partition coefficient (Wildman–Crippen LogP) is 2.95. The molecule has 1 aliphatic heterocycles. The summed E-state index contributed by atoms with van der Waals surface area (Å²) in [4.78, 5) is 26.0. The quantitative estimate of drug-likeness (QED) is 0.728. The highest BCUT2D eigenvalue weighted by molar-refractivity contribution is 5.91. The fraction of sp³-hybridized carbons (Fsp3) is 0.350. The minimum Gasteiger partial charge on any atom is -0.461 e. The molecule has 1 saturated heterocycles. The lowest BCUT2D eigenvalue weighted by atomic mass is 10.2. The van der Waals surface area contributed by atoms with Gasteiger partial charge >= 0.3 is 0 Å². The van der Waals surface area contributed by atoms with Crippen LogP contribution in [0, 0.1) is 5.92 Å². The Hall–Kier alpha value is -2.89. The summed E-state index contributed by atoms with van der Waals surface area (Å²) in [5.41, 5.74) is 0.903. The van der Waals surface area contributed by atoms with E-state index >= 15 is 0 Å². The number of carbonyl (C=O) groups excluding carboxylic acids is 1. The molecule has 1 aromatic carbocycles. The molecule has 0 spiro atoms.